The summed E-state index contributed by atoms with van der Waals surface area (Å²) in [7, 11) is 0. The van der Waals surface area contributed by atoms with Gasteiger partial charge in [-0.3, -0.25) is 4.79 Å². The number of ether oxygens (including phenoxy) is 1. The van der Waals surface area contributed by atoms with E-state index in [0.29, 0.717) is 23.2 Å². The second-order valence-corrected chi connectivity index (χ2v) is 6.68. The van der Waals surface area contributed by atoms with Gasteiger partial charge in [0.2, 0.25) is 0 Å². The van der Waals surface area contributed by atoms with Crippen molar-refractivity contribution < 1.29 is 19.4 Å². The first-order valence-corrected chi connectivity index (χ1v) is 7.90. The van der Waals surface area contributed by atoms with E-state index in [2.05, 4.69) is 43.8 Å². The van der Waals surface area contributed by atoms with Crippen LogP contribution in [0, 0.1) is 3.57 Å². The molecule has 5 nitrogen and oxygen atoms in total. The Morgan fingerprint density at radius 3 is 2.60 bits per heavy atom. The summed E-state index contributed by atoms with van der Waals surface area (Å²) in [5.41, 5.74) is -0.806. The Labute approximate surface area is 138 Å². The van der Waals surface area contributed by atoms with E-state index >= 15 is 0 Å². The van der Waals surface area contributed by atoms with Gasteiger partial charge in [0.05, 0.1) is 5.56 Å². The normalized spacial score (nSPS) is 17.5. The fourth-order valence-corrected chi connectivity index (χ4v) is 2.99. The molecule has 0 spiro atoms. The zero-order valence-electron chi connectivity index (χ0n) is 10.5. The van der Waals surface area contributed by atoms with E-state index in [9.17, 15) is 14.7 Å². The van der Waals surface area contributed by atoms with Crippen LogP contribution >= 0.6 is 38.5 Å². The minimum Gasteiger partial charge on any atom is -0.480 e. The molecule has 108 valence electrons. The molecule has 0 saturated carbocycles. The maximum absolute atomic E-state index is 12.3. The van der Waals surface area contributed by atoms with Gasteiger partial charge >= 0.3 is 5.97 Å². The number of halogens is 2. The number of carboxylic acid groups (broad SMARTS) is 1. The summed E-state index contributed by atoms with van der Waals surface area (Å²) in [6.45, 7) is 0.667. The van der Waals surface area contributed by atoms with Gasteiger partial charge in [-0.25, -0.2) is 4.79 Å². The monoisotopic (exact) mass is 453 g/mol. The van der Waals surface area contributed by atoms with Gasteiger partial charge in [-0.15, -0.1) is 0 Å². The average Bonchev–Trinajstić information content (AvgIpc) is 2.42. The molecule has 2 N–H and O–H groups in total. The molecule has 1 fully saturated rings. The van der Waals surface area contributed by atoms with E-state index in [1.807, 2.05) is 6.07 Å². The largest absolute Gasteiger partial charge is 0.480 e. The number of carbonyl (C=O) groups excluding carboxylic acids is 1. The van der Waals surface area contributed by atoms with Crippen molar-refractivity contribution in [1.82, 2.24) is 5.32 Å². The molecule has 0 aromatic heterocycles. The van der Waals surface area contributed by atoms with Crippen LogP contribution < -0.4 is 5.32 Å². The van der Waals surface area contributed by atoms with Crippen molar-refractivity contribution in [3.63, 3.8) is 0 Å². The van der Waals surface area contributed by atoms with Crippen LogP contribution in [0.5, 0.6) is 0 Å². The highest BCUT2D eigenvalue weighted by Crippen LogP contribution is 2.24. The van der Waals surface area contributed by atoms with Crippen molar-refractivity contribution in [3.05, 3.63) is 31.8 Å². The Morgan fingerprint density at radius 2 is 2.00 bits per heavy atom. The minimum absolute atomic E-state index is 0.273. The highest BCUT2D eigenvalue weighted by atomic mass is 127. The zero-order chi connectivity index (χ0) is 14.8. The standard InChI is InChI=1S/C13H13BrINO4/c14-10-2-1-8(15)7-9(10)11(17)16-13(12(18)19)3-5-20-6-4-13/h1-2,7H,3-6H2,(H,16,17)(H,18,19). The van der Waals surface area contributed by atoms with E-state index in [1.165, 1.54) is 0 Å². The van der Waals surface area contributed by atoms with Gasteiger partial charge in [0.1, 0.15) is 5.54 Å². The molecule has 7 heteroatoms. The smallest absolute Gasteiger partial charge is 0.329 e. The van der Waals surface area contributed by atoms with Gasteiger partial charge < -0.3 is 15.2 Å². The number of aliphatic carboxylic acids is 1. The van der Waals surface area contributed by atoms with Crippen LogP contribution in [0.3, 0.4) is 0 Å². The summed E-state index contributed by atoms with van der Waals surface area (Å²) in [5, 5.41) is 12.1. The topological polar surface area (TPSA) is 75.6 Å². The van der Waals surface area contributed by atoms with E-state index < -0.39 is 11.5 Å². The number of carboxylic acids is 1. The molecule has 1 saturated heterocycles. The zero-order valence-corrected chi connectivity index (χ0v) is 14.2. The summed E-state index contributed by atoms with van der Waals surface area (Å²) in [5.74, 6) is -1.41. The van der Waals surface area contributed by atoms with Gasteiger partial charge in [0.25, 0.3) is 5.91 Å². The highest BCUT2D eigenvalue weighted by Gasteiger charge is 2.41. The van der Waals surface area contributed by atoms with E-state index in [-0.39, 0.29) is 18.7 Å². The highest BCUT2D eigenvalue weighted by molar-refractivity contribution is 14.1. The molecule has 2 rings (SSSR count). The maximum Gasteiger partial charge on any atom is 0.329 e. The molecule has 0 aliphatic carbocycles. The molecule has 20 heavy (non-hydrogen) atoms. The second-order valence-electron chi connectivity index (χ2n) is 4.58. The van der Waals surface area contributed by atoms with Crippen LogP contribution in [-0.2, 0) is 9.53 Å². The summed E-state index contributed by atoms with van der Waals surface area (Å²) in [4.78, 5) is 23.9. The van der Waals surface area contributed by atoms with Crippen LogP contribution in [0.25, 0.3) is 0 Å². The van der Waals surface area contributed by atoms with Crippen molar-refractivity contribution in [1.29, 1.82) is 0 Å². The number of carbonyl (C=O) groups is 2. The number of benzene rings is 1. The van der Waals surface area contributed by atoms with Crippen molar-refractivity contribution in [2.45, 2.75) is 18.4 Å². The third-order valence-corrected chi connectivity index (χ3v) is 4.64. The number of nitrogens with one attached hydrogen (secondary N) is 1. The molecule has 1 aromatic rings. The molecule has 0 bridgehead atoms. The van der Waals surface area contributed by atoms with Gasteiger partial charge in [-0.1, -0.05) is 0 Å². The van der Waals surface area contributed by atoms with Crippen molar-refractivity contribution >= 4 is 50.4 Å². The SMILES string of the molecule is O=C(NC1(C(=O)O)CCOCC1)c1cc(I)ccc1Br. The lowest BCUT2D eigenvalue weighted by Crippen LogP contribution is -2.57. The predicted molar refractivity (Wildman–Crippen MR) is 84.7 cm³/mol. The Morgan fingerprint density at radius 1 is 1.35 bits per heavy atom. The molecule has 1 aromatic carbocycles. The Kier molecular flexibility index (Phi) is 5.03. The summed E-state index contributed by atoms with van der Waals surface area (Å²) in [6.07, 6.45) is 0.547. The maximum atomic E-state index is 12.3. The van der Waals surface area contributed by atoms with Crippen LogP contribution in [-0.4, -0.2) is 35.7 Å². The average molecular weight is 454 g/mol. The van der Waals surface area contributed by atoms with E-state index in [4.69, 9.17) is 4.74 Å². The molecule has 1 heterocycles. The third-order valence-electron chi connectivity index (χ3n) is 3.28. The first kappa shape index (κ1) is 15.7. The number of hydrogen-bond acceptors (Lipinski definition) is 3. The predicted octanol–water partition coefficient (Wildman–Crippen LogP) is 2.42. The summed E-state index contributed by atoms with van der Waals surface area (Å²) < 4.78 is 6.73. The molecule has 1 aliphatic heterocycles. The molecule has 1 aliphatic rings. The van der Waals surface area contributed by atoms with Crippen molar-refractivity contribution in [2.75, 3.05) is 13.2 Å². The summed E-state index contributed by atoms with van der Waals surface area (Å²) >= 11 is 5.42. The van der Waals surface area contributed by atoms with Crippen molar-refractivity contribution in [2.24, 2.45) is 0 Å². The van der Waals surface area contributed by atoms with Gasteiger partial charge in [0.15, 0.2) is 0 Å². The van der Waals surface area contributed by atoms with Crippen LogP contribution in [0.15, 0.2) is 22.7 Å². The Hall–Kier alpha value is -0.670. The molecule has 0 atom stereocenters. The first-order chi connectivity index (χ1) is 9.44. The Bertz CT molecular complexity index is 543. The van der Waals surface area contributed by atoms with Crippen molar-refractivity contribution in [3.8, 4) is 0 Å². The fourth-order valence-electron chi connectivity index (χ4n) is 2.07. The van der Waals surface area contributed by atoms with Crippen LogP contribution in [0.1, 0.15) is 23.2 Å². The summed E-state index contributed by atoms with van der Waals surface area (Å²) in [6, 6.07) is 5.35. The lowest BCUT2D eigenvalue weighted by molar-refractivity contribution is -0.148. The first-order valence-electron chi connectivity index (χ1n) is 6.03. The van der Waals surface area contributed by atoms with E-state index in [1.54, 1.807) is 12.1 Å². The van der Waals surface area contributed by atoms with Crippen LogP contribution in [0.2, 0.25) is 0 Å². The molecule has 0 unspecified atom stereocenters. The van der Waals surface area contributed by atoms with Crippen LogP contribution in [0.4, 0.5) is 0 Å². The molecule has 1 amide bonds. The van der Waals surface area contributed by atoms with Gasteiger partial charge in [0, 0.05) is 34.1 Å². The molecular formula is C13H13BrINO4. The number of amides is 1. The lowest BCUT2D eigenvalue weighted by atomic mass is 9.89. The van der Waals surface area contributed by atoms with E-state index in [0.717, 1.165) is 3.57 Å². The number of rotatable bonds is 3. The Balaban J connectivity index is 2.24. The lowest BCUT2D eigenvalue weighted by Gasteiger charge is -2.34. The number of hydrogen-bond donors (Lipinski definition) is 2. The molecular weight excluding hydrogens is 441 g/mol. The van der Waals surface area contributed by atoms with Gasteiger partial charge in [-0.05, 0) is 56.7 Å². The third kappa shape index (κ3) is 3.32. The second kappa shape index (κ2) is 6.40. The fraction of sp³-hybridized carbons (Fsp3) is 0.385. The quantitative estimate of drug-likeness (QED) is 0.689. The molecule has 0 radical (unpaired) electrons. The minimum atomic E-state index is -1.24. The van der Waals surface area contributed by atoms with Gasteiger partial charge in [-0.2, -0.15) is 0 Å².